The van der Waals surface area contributed by atoms with E-state index in [9.17, 15) is 4.39 Å². The Hall–Kier alpha value is -1.00. The van der Waals surface area contributed by atoms with E-state index in [1.165, 1.54) is 12.1 Å². The summed E-state index contributed by atoms with van der Waals surface area (Å²) < 4.78 is 18.5. The number of halogens is 2. The maximum Gasteiger partial charge on any atom is 0.143 e. The summed E-state index contributed by atoms with van der Waals surface area (Å²) in [6.45, 7) is 0. The number of nitrogens with one attached hydrogen (secondary N) is 1. The van der Waals surface area contributed by atoms with Crippen LogP contribution in [0.3, 0.4) is 0 Å². The van der Waals surface area contributed by atoms with E-state index in [0.717, 1.165) is 19.3 Å². The second kappa shape index (κ2) is 5.10. The van der Waals surface area contributed by atoms with Gasteiger partial charge in [-0.05, 0) is 25.3 Å². The smallest absolute Gasteiger partial charge is 0.143 e. The van der Waals surface area contributed by atoms with Crippen molar-refractivity contribution in [3.05, 3.63) is 23.0 Å². The Balaban J connectivity index is 2.15. The highest BCUT2D eigenvalue weighted by Crippen LogP contribution is 2.30. The van der Waals surface area contributed by atoms with Gasteiger partial charge in [0.25, 0.3) is 0 Å². The van der Waals surface area contributed by atoms with Crippen LogP contribution in [0.15, 0.2) is 12.1 Å². The lowest BCUT2D eigenvalue weighted by molar-refractivity contribution is 0.101. The second-order valence-electron chi connectivity index (χ2n) is 4.31. The van der Waals surface area contributed by atoms with Gasteiger partial charge in [-0.3, -0.25) is 0 Å². The van der Waals surface area contributed by atoms with Gasteiger partial charge in [0.1, 0.15) is 5.82 Å². The van der Waals surface area contributed by atoms with Gasteiger partial charge in [0.2, 0.25) is 0 Å². The van der Waals surface area contributed by atoms with Crippen molar-refractivity contribution in [3.63, 3.8) is 0 Å². The zero-order valence-electron chi connectivity index (χ0n) is 9.67. The van der Waals surface area contributed by atoms with Crippen LogP contribution in [-0.2, 0) is 4.74 Å². The summed E-state index contributed by atoms with van der Waals surface area (Å²) in [4.78, 5) is 0. The minimum atomic E-state index is -0.496. The number of rotatable bonds is 3. The first-order chi connectivity index (χ1) is 8.11. The van der Waals surface area contributed by atoms with Crippen LogP contribution < -0.4 is 11.1 Å². The fourth-order valence-corrected chi connectivity index (χ4v) is 2.42. The van der Waals surface area contributed by atoms with E-state index in [1.54, 1.807) is 7.11 Å². The Morgan fingerprint density at radius 1 is 1.47 bits per heavy atom. The molecule has 3 nitrogen and oxygen atoms in total. The monoisotopic (exact) mass is 258 g/mol. The lowest BCUT2D eigenvalue weighted by Crippen LogP contribution is -2.30. The van der Waals surface area contributed by atoms with Crippen LogP contribution in [0.1, 0.15) is 19.3 Å². The molecule has 0 saturated heterocycles. The van der Waals surface area contributed by atoms with E-state index in [1.807, 2.05) is 0 Å². The molecule has 2 atom stereocenters. The SMILES string of the molecule is COC1CCCC1Nc1cc(Cl)c(F)cc1N. The highest BCUT2D eigenvalue weighted by Gasteiger charge is 2.27. The largest absolute Gasteiger partial charge is 0.397 e. The van der Waals surface area contributed by atoms with E-state index in [-0.39, 0.29) is 17.2 Å². The van der Waals surface area contributed by atoms with Crippen molar-refractivity contribution in [1.29, 1.82) is 0 Å². The van der Waals surface area contributed by atoms with Crippen molar-refractivity contribution in [3.8, 4) is 0 Å². The first kappa shape index (κ1) is 12.5. The quantitative estimate of drug-likeness (QED) is 0.820. The van der Waals surface area contributed by atoms with Crippen LogP contribution in [0.4, 0.5) is 15.8 Å². The van der Waals surface area contributed by atoms with E-state index >= 15 is 0 Å². The molecule has 0 bridgehead atoms. The van der Waals surface area contributed by atoms with Gasteiger partial charge in [-0.2, -0.15) is 0 Å². The maximum absolute atomic E-state index is 13.2. The zero-order valence-corrected chi connectivity index (χ0v) is 10.4. The van der Waals surface area contributed by atoms with Crippen molar-refractivity contribution in [2.45, 2.75) is 31.4 Å². The molecule has 2 rings (SSSR count). The third-order valence-electron chi connectivity index (χ3n) is 3.19. The predicted octanol–water partition coefficient (Wildman–Crippen LogP) is 3.04. The standard InChI is InChI=1S/C12H16ClFN2O/c1-17-12-4-2-3-10(12)16-11-5-7(13)8(14)6-9(11)15/h5-6,10,12,16H,2-4,15H2,1H3. The second-order valence-corrected chi connectivity index (χ2v) is 4.72. The fraction of sp³-hybridized carbons (Fsp3) is 0.500. The summed E-state index contributed by atoms with van der Waals surface area (Å²) in [5, 5.41) is 3.35. The summed E-state index contributed by atoms with van der Waals surface area (Å²) >= 11 is 5.74. The lowest BCUT2D eigenvalue weighted by Gasteiger charge is -2.22. The fourth-order valence-electron chi connectivity index (χ4n) is 2.26. The van der Waals surface area contributed by atoms with Gasteiger partial charge in [0.05, 0.1) is 28.5 Å². The summed E-state index contributed by atoms with van der Waals surface area (Å²) in [5.74, 6) is -0.496. The topological polar surface area (TPSA) is 47.3 Å². The molecule has 1 aliphatic carbocycles. The number of benzene rings is 1. The Labute approximate surface area is 105 Å². The van der Waals surface area contributed by atoms with E-state index < -0.39 is 5.82 Å². The molecule has 1 fully saturated rings. The van der Waals surface area contributed by atoms with Gasteiger partial charge in [-0.1, -0.05) is 11.6 Å². The molecule has 2 unspecified atom stereocenters. The number of ether oxygens (including phenoxy) is 1. The molecule has 0 amide bonds. The van der Waals surface area contributed by atoms with Gasteiger partial charge in [-0.25, -0.2) is 4.39 Å². The summed E-state index contributed by atoms with van der Waals surface area (Å²) in [5.41, 5.74) is 6.79. The Morgan fingerprint density at radius 2 is 2.24 bits per heavy atom. The molecule has 0 radical (unpaired) electrons. The summed E-state index contributed by atoms with van der Waals surface area (Å²) in [6.07, 6.45) is 3.35. The molecule has 1 aromatic rings. The minimum absolute atomic E-state index is 0.0775. The Kier molecular flexibility index (Phi) is 3.74. The highest BCUT2D eigenvalue weighted by atomic mass is 35.5. The molecule has 17 heavy (non-hydrogen) atoms. The third kappa shape index (κ3) is 2.64. The molecule has 0 aliphatic heterocycles. The van der Waals surface area contributed by atoms with Crippen molar-refractivity contribution >= 4 is 23.0 Å². The van der Waals surface area contributed by atoms with E-state index in [2.05, 4.69) is 5.32 Å². The van der Waals surface area contributed by atoms with Crippen LogP contribution >= 0.6 is 11.6 Å². The molecule has 1 aromatic carbocycles. The molecule has 0 spiro atoms. The first-order valence-electron chi connectivity index (χ1n) is 5.65. The molecule has 0 heterocycles. The van der Waals surface area contributed by atoms with Gasteiger partial charge >= 0.3 is 0 Å². The number of methoxy groups -OCH3 is 1. The van der Waals surface area contributed by atoms with Crippen LogP contribution in [0.5, 0.6) is 0 Å². The van der Waals surface area contributed by atoms with Crippen LogP contribution in [0.2, 0.25) is 5.02 Å². The average molecular weight is 259 g/mol. The molecule has 1 saturated carbocycles. The highest BCUT2D eigenvalue weighted by molar-refractivity contribution is 6.31. The van der Waals surface area contributed by atoms with Crippen LogP contribution in [0.25, 0.3) is 0 Å². The minimum Gasteiger partial charge on any atom is -0.397 e. The van der Waals surface area contributed by atoms with E-state index in [0.29, 0.717) is 11.4 Å². The summed E-state index contributed by atoms with van der Waals surface area (Å²) in [7, 11) is 1.70. The Morgan fingerprint density at radius 3 is 2.94 bits per heavy atom. The molecule has 3 N–H and O–H groups in total. The van der Waals surface area contributed by atoms with Crippen molar-refractivity contribution in [2.24, 2.45) is 0 Å². The van der Waals surface area contributed by atoms with Gasteiger partial charge in [-0.15, -0.1) is 0 Å². The molecular formula is C12H16ClFN2O. The van der Waals surface area contributed by atoms with Crippen LogP contribution in [0, 0.1) is 5.82 Å². The zero-order chi connectivity index (χ0) is 12.4. The van der Waals surface area contributed by atoms with Gasteiger partial charge < -0.3 is 15.8 Å². The van der Waals surface area contributed by atoms with Crippen molar-refractivity contribution in [1.82, 2.24) is 0 Å². The molecule has 1 aliphatic rings. The normalized spacial score (nSPS) is 23.9. The van der Waals surface area contributed by atoms with E-state index in [4.69, 9.17) is 22.1 Å². The van der Waals surface area contributed by atoms with Gasteiger partial charge in [0, 0.05) is 13.2 Å². The number of nitrogens with two attached hydrogens (primary N) is 1. The van der Waals surface area contributed by atoms with Crippen LogP contribution in [-0.4, -0.2) is 19.3 Å². The maximum atomic E-state index is 13.2. The molecule has 0 aromatic heterocycles. The Bertz CT molecular complexity index is 414. The van der Waals surface area contributed by atoms with Gasteiger partial charge in [0.15, 0.2) is 0 Å². The average Bonchev–Trinajstić information content (AvgIpc) is 2.73. The molecular weight excluding hydrogens is 243 g/mol. The van der Waals surface area contributed by atoms with Crippen molar-refractivity contribution in [2.75, 3.05) is 18.2 Å². The van der Waals surface area contributed by atoms with Crippen molar-refractivity contribution < 1.29 is 9.13 Å². The molecule has 5 heteroatoms. The molecule has 94 valence electrons. The summed E-state index contributed by atoms with van der Waals surface area (Å²) in [6, 6.07) is 2.97. The first-order valence-corrected chi connectivity index (χ1v) is 6.03. The number of nitrogen functional groups attached to an aromatic ring is 1. The number of hydrogen-bond donors (Lipinski definition) is 2. The number of hydrogen-bond acceptors (Lipinski definition) is 3. The number of anilines is 2. The lowest BCUT2D eigenvalue weighted by atomic mass is 10.2. The predicted molar refractivity (Wildman–Crippen MR) is 67.9 cm³/mol. The third-order valence-corrected chi connectivity index (χ3v) is 3.48.